The van der Waals surface area contributed by atoms with Gasteiger partial charge in [-0.25, -0.2) is 0 Å². The van der Waals surface area contributed by atoms with Gasteiger partial charge in [0.15, 0.2) is 0 Å². The fraction of sp³-hybridized carbons (Fsp3) is 0.571. The maximum absolute atomic E-state index is 2.61. The summed E-state index contributed by atoms with van der Waals surface area (Å²) in [4.78, 5) is 5.14. The van der Waals surface area contributed by atoms with Crippen molar-refractivity contribution in [2.45, 2.75) is 86.4 Å². The van der Waals surface area contributed by atoms with Crippen LogP contribution >= 0.6 is 0 Å². The molecule has 2 nitrogen and oxygen atoms in total. The van der Waals surface area contributed by atoms with Crippen LogP contribution in [0.1, 0.15) is 85.3 Å². The van der Waals surface area contributed by atoms with E-state index in [1.807, 2.05) is 0 Å². The van der Waals surface area contributed by atoms with Gasteiger partial charge in [-0.3, -0.25) is 0 Å². The molecule has 0 aromatic heterocycles. The number of hydrogen-bond donors (Lipinski definition) is 0. The maximum atomic E-state index is 2.61. The van der Waals surface area contributed by atoms with Gasteiger partial charge in [-0.15, -0.1) is 0 Å². The van der Waals surface area contributed by atoms with Gasteiger partial charge in [-0.05, 0) is 47.3 Å². The Hall–Kier alpha value is -1.96. The molecule has 0 amide bonds. The smallest absolute Gasteiger partial charge is 0.103 e. The third kappa shape index (κ3) is 4.11. The van der Waals surface area contributed by atoms with Gasteiger partial charge in [0.1, 0.15) is 6.17 Å². The number of nitrogens with zero attached hydrogens (tertiary/aromatic N) is 2. The zero-order valence-corrected chi connectivity index (χ0v) is 20.6. The van der Waals surface area contributed by atoms with Crippen molar-refractivity contribution in [1.29, 1.82) is 0 Å². The van der Waals surface area contributed by atoms with Crippen LogP contribution in [0.3, 0.4) is 0 Å². The predicted octanol–water partition coefficient (Wildman–Crippen LogP) is 7.67. The SMILES string of the molecule is CC(C)C1=CC=CC(C(C)C)C1N1C=CN(c2c(C(C)C)cccc2C(C)C)C1C. The highest BCUT2D eigenvalue weighted by Gasteiger charge is 2.38. The van der Waals surface area contributed by atoms with E-state index < -0.39 is 0 Å². The van der Waals surface area contributed by atoms with Crippen LogP contribution < -0.4 is 4.90 Å². The highest BCUT2D eigenvalue weighted by Crippen LogP contribution is 2.42. The summed E-state index contributed by atoms with van der Waals surface area (Å²) in [6.45, 7) is 21.0. The largest absolute Gasteiger partial charge is 0.349 e. The number of rotatable bonds is 6. The monoisotopic (exact) mass is 406 g/mol. The lowest BCUT2D eigenvalue weighted by atomic mass is 9.77. The molecule has 30 heavy (non-hydrogen) atoms. The first kappa shape index (κ1) is 22.7. The molecule has 1 aromatic rings. The molecule has 0 saturated heterocycles. The lowest BCUT2D eigenvalue weighted by Crippen LogP contribution is -2.48. The van der Waals surface area contributed by atoms with Gasteiger partial charge in [0.2, 0.25) is 0 Å². The van der Waals surface area contributed by atoms with Crippen LogP contribution in [0.2, 0.25) is 0 Å². The molecular weight excluding hydrogens is 364 g/mol. The molecule has 0 saturated carbocycles. The van der Waals surface area contributed by atoms with Gasteiger partial charge < -0.3 is 9.80 Å². The molecule has 0 fully saturated rings. The van der Waals surface area contributed by atoms with E-state index in [4.69, 9.17) is 0 Å². The van der Waals surface area contributed by atoms with Crippen molar-refractivity contribution < 1.29 is 0 Å². The zero-order valence-electron chi connectivity index (χ0n) is 20.6. The summed E-state index contributed by atoms with van der Waals surface area (Å²) in [5.41, 5.74) is 5.86. The topological polar surface area (TPSA) is 6.48 Å². The quantitative estimate of drug-likeness (QED) is 0.478. The summed E-state index contributed by atoms with van der Waals surface area (Å²) in [5.74, 6) is 2.69. The molecule has 3 rings (SSSR count). The third-order valence-electron chi connectivity index (χ3n) is 6.92. The van der Waals surface area contributed by atoms with E-state index >= 15 is 0 Å². The standard InChI is InChI=1S/C28H42N2/c1-18(2)23-12-10-13-24(19(3)4)27(23)29-16-17-30(22(29)9)28-25(20(5)6)14-11-15-26(28)21(7)8/h10-23,27H,1-9H3. The van der Waals surface area contributed by atoms with E-state index in [1.165, 1.54) is 16.8 Å². The minimum absolute atomic E-state index is 0.294. The highest BCUT2D eigenvalue weighted by atomic mass is 15.4. The molecule has 3 unspecified atom stereocenters. The lowest BCUT2D eigenvalue weighted by molar-refractivity contribution is 0.183. The molecule has 0 radical (unpaired) electrons. The fourth-order valence-electron chi connectivity index (χ4n) is 5.15. The van der Waals surface area contributed by atoms with Crippen molar-refractivity contribution in [3.63, 3.8) is 0 Å². The average Bonchev–Trinajstić information content (AvgIpc) is 3.07. The van der Waals surface area contributed by atoms with Gasteiger partial charge >= 0.3 is 0 Å². The number of benzene rings is 1. The summed E-state index contributed by atoms with van der Waals surface area (Å²) in [6.07, 6.45) is 12.0. The van der Waals surface area contributed by atoms with Crippen molar-refractivity contribution in [3.8, 4) is 0 Å². The van der Waals surface area contributed by atoms with Gasteiger partial charge in [-0.2, -0.15) is 0 Å². The van der Waals surface area contributed by atoms with Crippen molar-refractivity contribution >= 4 is 5.69 Å². The van der Waals surface area contributed by atoms with Crippen LogP contribution in [0.15, 0.2) is 54.4 Å². The Bertz CT molecular complexity index is 799. The summed E-state index contributed by atoms with van der Waals surface area (Å²) in [5, 5.41) is 0. The molecule has 2 aliphatic rings. The lowest BCUT2D eigenvalue weighted by Gasteiger charge is -2.44. The van der Waals surface area contributed by atoms with Crippen LogP contribution in [0.4, 0.5) is 5.69 Å². The van der Waals surface area contributed by atoms with Crippen LogP contribution in [0, 0.1) is 17.8 Å². The molecule has 0 spiro atoms. The molecule has 1 aliphatic heterocycles. The van der Waals surface area contributed by atoms with E-state index in [1.54, 1.807) is 5.57 Å². The molecule has 0 N–H and O–H groups in total. The Morgan fingerprint density at radius 3 is 1.90 bits per heavy atom. The van der Waals surface area contributed by atoms with Crippen LogP contribution in [0.5, 0.6) is 0 Å². The molecule has 3 atom stereocenters. The van der Waals surface area contributed by atoms with Crippen molar-refractivity contribution in [3.05, 3.63) is 65.5 Å². The first-order valence-electron chi connectivity index (χ1n) is 11.9. The first-order chi connectivity index (χ1) is 14.1. The normalized spacial score (nSPS) is 24.2. The van der Waals surface area contributed by atoms with Crippen LogP contribution in [-0.4, -0.2) is 17.1 Å². The molecule has 1 aliphatic carbocycles. The molecule has 1 heterocycles. The van der Waals surface area contributed by atoms with Gasteiger partial charge in [0, 0.05) is 24.0 Å². The fourth-order valence-corrected chi connectivity index (χ4v) is 5.15. The van der Waals surface area contributed by atoms with Crippen LogP contribution in [-0.2, 0) is 0 Å². The molecule has 1 aromatic carbocycles. The Balaban J connectivity index is 2.03. The molecule has 2 heteroatoms. The molecule has 0 bridgehead atoms. The van der Waals surface area contributed by atoms with E-state index in [-0.39, 0.29) is 0 Å². The second kappa shape index (κ2) is 9.04. The third-order valence-corrected chi connectivity index (χ3v) is 6.92. The Kier molecular flexibility index (Phi) is 6.84. The van der Waals surface area contributed by atoms with Crippen LogP contribution in [0.25, 0.3) is 0 Å². The number of allylic oxidation sites excluding steroid dienone is 2. The zero-order chi connectivity index (χ0) is 22.2. The minimum Gasteiger partial charge on any atom is -0.349 e. The number of para-hydroxylation sites is 1. The van der Waals surface area contributed by atoms with Gasteiger partial charge in [0.25, 0.3) is 0 Å². The van der Waals surface area contributed by atoms with Crippen molar-refractivity contribution in [2.75, 3.05) is 4.90 Å². The maximum Gasteiger partial charge on any atom is 0.103 e. The Morgan fingerprint density at radius 1 is 0.800 bits per heavy atom. The van der Waals surface area contributed by atoms with Crippen molar-refractivity contribution in [2.24, 2.45) is 17.8 Å². The molecular formula is C28H42N2. The Morgan fingerprint density at radius 2 is 1.40 bits per heavy atom. The highest BCUT2D eigenvalue weighted by molar-refractivity contribution is 5.65. The van der Waals surface area contributed by atoms with E-state index in [0.29, 0.717) is 41.8 Å². The van der Waals surface area contributed by atoms with E-state index in [9.17, 15) is 0 Å². The summed E-state index contributed by atoms with van der Waals surface area (Å²) in [7, 11) is 0. The van der Waals surface area contributed by atoms with E-state index in [0.717, 1.165) is 0 Å². The molecule has 164 valence electrons. The van der Waals surface area contributed by atoms with Gasteiger partial charge in [-0.1, -0.05) is 91.8 Å². The van der Waals surface area contributed by atoms with E-state index in [2.05, 4.69) is 121 Å². The number of hydrogen-bond acceptors (Lipinski definition) is 2. The number of anilines is 1. The second-order valence-electron chi connectivity index (χ2n) is 10.4. The second-order valence-corrected chi connectivity index (χ2v) is 10.4. The summed E-state index contributed by atoms with van der Waals surface area (Å²) < 4.78 is 0. The first-order valence-corrected chi connectivity index (χ1v) is 11.9. The minimum atomic E-state index is 0.294. The Labute approximate surface area is 185 Å². The van der Waals surface area contributed by atoms with Gasteiger partial charge in [0.05, 0.1) is 6.04 Å². The summed E-state index contributed by atoms with van der Waals surface area (Å²) >= 11 is 0. The van der Waals surface area contributed by atoms with Crippen molar-refractivity contribution in [1.82, 2.24) is 4.90 Å². The predicted molar refractivity (Wildman–Crippen MR) is 132 cm³/mol. The summed E-state index contributed by atoms with van der Waals surface area (Å²) in [6, 6.07) is 7.28. The average molecular weight is 407 g/mol.